The quantitative estimate of drug-likeness (QED) is 0.229. The van der Waals surface area contributed by atoms with Gasteiger partial charge < -0.3 is 15.6 Å². The van der Waals surface area contributed by atoms with Crippen LogP contribution in [0.3, 0.4) is 0 Å². The number of carbonyl (C=O) groups excluding carboxylic acids is 2. The molecule has 1 unspecified atom stereocenters. The Kier molecular flexibility index (Phi) is 8.64. The van der Waals surface area contributed by atoms with Gasteiger partial charge in [-0.1, -0.05) is 11.2 Å². The first-order chi connectivity index (χ1) is 20.6. The fourth-order valence-corrected chi connectivity index (χ4v) is 5.47. The van der Waals surface area contributed by atoms with E-state index >= 15 is 4.39 Å². The smallest absolute Gasteiger partial charge is 0.276 e. The lowest BCUT2D eigenvalue weighted by molar-refractivity contribution is -0.126. The van der Waals surface area contributed by atoms with Gasteiger partial charge in [-0.25, -0.2) is 40.3 Å². The number of halogens is 7. The predicted octanol–water partition coefficient (Wildman–Crippen LogP) is 5.81. The fraction of sp³-hybridized carbons (Fsp3) is 0.607. The Morgan fingerprint density at radius 3 is 2.41 bits per heavy atom. The van der Waals surface area contributed by atoms with Crippen molar-refractivity contribution in [3.05, 3.63) is 40.7 Å². The molecule has 3 aromatic rings. The molecule has 1 aromatic carbocycles. The Bertz CT molecular complexity index is 1510. The topological polar surface area (TPSA) is 126 Å². The molecule has 2 saturated carbocycles. The summed E-state index contributed by atoms with van der Waals surface area (Å²) >= 11 is 0. The number of benzene rings is 1. The number of carbonyl (C=O) groups is 2. The monoisotopic (exact) mass is 632 g/mol. The van der Waals surface area contributed by atoms with E-state index in [0.717, 1.165) is 32.8 Å². The van der Waals surface area contributed by atoms with Crippen molar-refractivity contribution < 1.29 is 45.0 Å². The van der Waals surface area contributed by atoms with Gasteiger partial charge in [0.25, 0.3) is 12.3 Å². The van der Waals surface area contributed by atoms with Crippen molar-refractivity contribution in [2.24, 2.45) is 5.92 Å². The average Bonchev–Trinajstić information content (AvgIpc) is 3.50. The number of aromatic nitrogens is 4. The normalized spacial score (nSPS) is 19.6. The summed E-state index contributed by atoms with van der Waals surface area (Å²) in [6, 6.07) is 1.10. The summed E-state index contributed by atoms with van der Waals surface area (Å²) in [4.78, 5) is 33.1. The van der Waals surface area contributed by atoms with Crippen molar-refractivity contribution in [2.45, 2.75) is 94.4 Å². The second kappa shape index (κ2) is 12.0. The number of nitrogens with one attached hydrogen (secondary N) is 3. The van der Waals surface area contributed by atoms with Gasteiger partial charge in [0.2, 0.25) is 11.8 Å². The molecule has 16 heteroatoms. The number of imidazole rings is 1. The van der Waals surface area contributed by atoms with Crippen molar-refractivity contribution in [3.8, 4) is 0 Å². The number of fused-ring (bicyclic) bond motifs is 1. The second-order valence-electron chi connectivity index (χ2n) is 12.1. The van der Waals surface area contributed by atoms with Crippen LogP contribution >= 0.6 is 0 Å². The molecule has 44 heavy (non-hydrogen) atoms. The van der Waals surface area contributed by atoms with Gasteiger partial charge in [-0.3, -0.25) is 9.59 Å². The first-order valence-electron chi connectivity index (χ1n) is 14.2. The van der Waals surface area contributed by atoms with Gasteiger partial charge in [0.1, 0.15) is 28.6 Å². The third kappa shape index (κ3) is 6.83. The van der Waals surface area contributed by atoms with Crippen LogP contribution in [0.25, 0.3) is 11.0 Å². The molecule has 3 N–H and O–H groups in total. The molecule has 2 aliphatic carbocycles. The highest BCUT2D eigenvalue weighted by atomic mass is 19.3. The van der Waals surface area contributed by atoms with Crippen LogP contribution < -0.4 is 10.6 Å². The fourth-order valence-electron chi connectivity index (χ4n) is 5.47. The first-order valence-corrected chi connectivity index (χ1v) is 14.2. The number of hydrogen-bond donors (Lipinski definition) is 3. The summed E-state index contributed by atoms with van der Waals surface area (Å²) in [7, 11) is 0. The number of nitrogens with zero attached hydrogens (tertiary/aromatic N) is 3. The van der Waals surface area contributed by atoms with Gasteiger partial charge in [0.05, 0.1) is 18.1 Å². The van der Waals surface area contributed by atoms with Crippen molar-refractivity contribution in [2.75, 3.05) is 6.54 Å². The van der Waals surface area contributed by atoms with Crippen LogP contribution in [0.2, 0.25) is 0 Å². The van der Waals surface area contributed by atoms with E-state index in [1.165, 1.54) is 6.07 Å². The lowest BCUT2D eigenvalue weighted by Crippen LogP contribution is -2.42. The van der Waals surface area contributed by atoms with Crippen LogP contribution in [0.15, 0.2) is 16.8 Å². The van der Waals surface area contributed by atoms with Crippen LogP contribution in [-0.2, 0) is 4.79 Å². The Labute approximate surface area is 246 Å². The summed E-state index contributed by atoms with van der Waals surface area (Å²) in [5.41, 5.74) is -2.85. The lowest BCUT2D eigenvalue weighted by atomic mass is 9.81. The zero-order valence-electron chi connectivity index (χ0n) is 23.8. The standard InChI is InChI=1S/C28H31F7N6O3/c1-27(2,33)11-36-25(42)16(18(30)23(31)32)14-5-6-15-21(17(14)29)38-24(37-15)20(13-7-9-28(34,35)10-8-13)39-26(43)22-19(12-3-4-12)40-44-41-22/h5-6,12-13,16,18,20,23H,3-4,7-11H2,1-2H3,(H,36,42)(H,37,38)(H,39,43)/t16-,18?,20+/m1/s1. The minimum absolute atomic E-state index is 0.00114. The Morgan fingerprint density at radius 1 is 1.11 bits per heavy atom. The largest absolute Gasteiger partial charge is 0.352 e. The molecule has 0 bridgehead atoms. The van der Waals surface area contributed by atoms with Crippen molar-refractivity contribution >= 4 is 22.8 Å². The molecule has 0 saturated heterocycles. The molecular formula is C28H31F7N6O3. The Balaban J connectivity index is 1.50. The summed E-state index contributed by atoms with van der Waals surface area (Å²) in [6.07, 6.45) is -6.16. The van der Waals surface area contributed by atoms with Gasteiger partial charge in [0, 0.05) is 24.3 Å². The molecule has 2 aromatic heterocycles. The molecule has 2 heterocycles. The maximum atomic E-state index is 15.9. The van der Waals surface area contributed by atoms with E-state index in [1.807, 2.05) is 5.32 Å². The summed E-state index contributed by atoms with van der Waals surface area (Å²) < 4.78 is 104. The van der Waals surface area contributed by atoms with Crippen molar-refractivity contribution in [1.29, 1.82) is 0 Å². The van der Waals surface area contributed by atoms with E-state index in [0.29, 0.717) is 5.69 Å². The van der Waals surface area contributed by atoms with Gasteiger partial charge in [0.15, 0.2) is 17.7 Å². The third-order valence-corrected chi connectivity index (χ3v) is 8.01. The predicted molar refractivity (Wildman–Crippen MR) is 141 cm³/mol. The maximum absolute atomic E-state index is 15.9. The highest BCUT2D eigenvalue weighted by molar-refractivity contribution is 5.93. The molecule has 5 rings (SSSR count). The van der Waals surface area contributed by atoms with Crippen LogP contribution in [0.1, 0.15) is 97.8 Å². The van der Waals surface area contributed by atoms with E-state index < -0.39 is 90.2 Å². The molecule has 240 valence electrons. The molecular weight excluding hydrogens is 601 g/mol. The van der Waals surface area contributed by atoms with Crippen LogP contribution in [0.5, 0.6) is 0 Å². The molecule has 0 spiro atoms. The van der Waals surface area contributed by atoms with E-state index in [9.17, 15) is 35.9 Å². The van der Waals surface area contributed by atoms with Gasteiger partial charge in [-0.2, -0.15) is 0 Å². The van der Waals surface area contributed by atoms with Crippen LogP contribution in [-0.4, -0.2) is 62.8 Å². The molecule has 9 nitrogen and oxygen atoms in total. The van der Waals surface area contributed by atoms with E-state index in [1.54, 1.807) is 0 Å². The molecule has 2 fully saturated rings. The van der Waals surface area contributed by atoms with E-state index in [4.69, 9.17) is 4.63 Å². The maximum Gasteiger partial charge on any atom is 0.276 e. The van der Waals surface area contributed by atoms with Gasteiger partial charge in [-0.15, -0.1) is 0 Å². The Morgan fingerprint density at radius 2 is 1.80 bits per heavy atom. The first kappa shape index (κ1) is 31.7. The van der Waals surface area contributed by atoms with E-state index in [2.05, 4.69) is 25.6 Å². The van der Waals surface area contributed by atoms with Crippen molar-refractivity contribution in [3.63, 3.8) is 0 Å². The molecule has 0 aliphatic heterocycles. The average molecular weight is 633 g/mol. The zero-order valence-corrected chi connectivity index (χ0v) is 23.8. The minimum atomic E-state index is -3.66. The zero-order chi connectivity index (χ0) is 32.0. The highest BCUT2D eigenvalue weighted by Crippen LogP contribution is 2.43. The summed E-state index contributed by atoms with van der Waals surface area (Å²) in [5.74, 6) is -9.17. The number of aromatic amines is 1. The van der Waals surface area contributed by atoms with Crippen LogP contribution in [0.4, 0.5) is 30.7 Å². The lowest BCUT2D eigenvalue weighted by Gasteiger charge is -2.33. The molecule has 2 amide bonds. The van der Waals surface area contributed by atoms with Crippen LogP contribution in [0, 0.1) is 11.7 Å². The van der Waals surface area contributed by atoms with E-state index in [-0.39, 0.29) is 35.8 Å². The number of H-pyrrole nitrogens is 1. The number of rotatable bonds is 11. The molecule has 3 atom stereocenters. The second-order valence-corrected chi connectivity index (χ2v) is 12.1. The van der Waals surface area contributed by atoms with Gasteiger partial charge in [-0.05, 0) is 56.7 Å². The molecule has 0 radical (unpaired) electrons. The third-order valence-electron chi connectivity index (χ3n) is 8.01. The van der Waals surface area contributed by atoms with Crippen molar-refractivity contribution in [1.82, 2.24) is 30.9 Å². The Hall–Kier alpha value is -3.72. The highest BCUT2D eigenvalue weighted by Gasteiger charge is 2.42. The number of amides is 2. The summed E-state index contributed by atoms with van der Waals surface area (Å²) in [6.45, 7) is 1.57. The minimum Gasteiger partial charge on any atom is -0.352 e. The molecule has 2 aliphatic rings. The number of hydrogen-bond acceptors (Lipinski definition) is 6. The summed E-state index contributed by atoms with van der Waals surface area (Å²) in [5, 5.41) is 12.3. The number of alkyl halides is 6. The van der Waals surface area contributed by atoms with Gasteiger partial charge >= 0.3 is 0 Å². The SMILES string of the molecule is CC(C)(F)CNC(=O)[C@H](c1ccc2[nH]c([C@@H](NC(=O)c3nonc3C3CC3)C3CCC(F)(F)CC3)nc2c1F)C(F)C(F)F.